The number of nitrogens with zero attached hydrogens (tertiary/aromatic N) is 3. The summed E-state index contributed by atoms with van der Waals surface area (Å²) in [6.07, 6.45) is 1.23. The van der Waals surface area contributed by atoms with Gasteiger partial charge in [0.2, 0.25) is 0 Å². The minimum Gasteiger partial charge on any atom is -0.444 e. The van der Waals surface area contributed by atoms with Gasteiger partial charge in [-0.15, -0.1) is 0 Å². The molecule has 1 amide bonds. The second kappa shape index (κ2) is 4.75. The smallest absolute Gasteiger partial charge is 0.410 e. The number of ether oxygens (including phenoxy) is 1. The average Bonchev–Trinajstić information content (AvgIpc) is 2.48. The normalized spacial score (nSPS) is 15.9. The van der Waals surface area contributed by atoms with Gasteiger partial charge in [0, 0.05) is 37.8 Å². The Morgan fingerprint density at radius 2 is 1.95 bits per heavy atom. The Hall–Kier alpha value is -1.72. The highest BCUT2D eigenvalue weighted by molar-refractivity contribution is 5.68. The molecular weight excluding hydrogens is 244 g/mol. The number of anilines is 1. The molecule has 0 saturated carbocycles. The average molecular weight is 266 g/mol. The van der Waals surface area contributed by atoms with Crippen LogP contribution in [0.3, 0.4) is 0 Å². The van der Waals surface area contributed by atoms with Crippen molar-refractivity contribution >= 4 is 11.9 Å². The van der Waals surface area contributed by atoms with Gasteiger partial charge in [0.25, 0.3) is 0 Å². The molecule has 0 aromatic carbocycles. The van der Waals surface area contributed by atoms with E-state index in [2.05, 4.69) is 5.10 Å². The van der Waals surface area contributed by atoms with Crippen LogP contribution in [0, 0.1) is 0 Å². The van der Waals surface area contributed by atoms with Crippen LogP contribution >= 0.6 is 0 Å². The summed E-state index contributed by atoms with van der Waals surface area (Å²) in [5.41, 5.74) is 7.60. The molecule has 0 atom stereocenters. The summed E-state index contributed by atoms with van der Waals surface area (Å²) >= 11 is 0. The molecule has 1 aliphatic rings. The third-order valence-corrected chi connectivity index (χ3v) is 3.21. The van der Waals surface area contributed by atoms with Crippen LogP contribution in [0.5, 0.6) is 0 Å². The molecule has 6 nitrogen and oxygen atoms in total. The number of rotatable bonds is 0. The van der Waals surface area contributed by atoms with Crippen LogP contribution in [0.25, 0.3) is 0 Å². The molecule has 0 fully saturated rings. The lowest BCUT2D eigenvalue weighted by Gasteiger charge is -2.26. The van der Waals surface area contributed by atoms with Crippen LogP contribution in [0.2, 0.25) is 0 Å². The number of carbonyl (C=O) groups is 1. The van der Waals surface area contributed by atoms with E-state index in [0.29, 0.717) is 18.9 Å². The van der Waals surface area contributed by atoms with Crippen LogP contribution in [0.4, 0.5) is 10.6 Å². The van der Waals surface area contributed by atoms with Gasteiger partial charge in [-0.1, -0.05) is 0 Å². The van der Waals surface area contributed by atoms with Crippen LogP contribution in [-0.2, 0) is 24.6 Å². The monoisotopic (exact) mass is 266 g/mol. The van der Waals surface area contributed by atoms with Crippen molar-refractivity contribution in [2.75, 3.05) is 18.8 Å². The summed E-state index contributed by atoms with van der Waals surface area (Å²) in [6.45, 7) is 6.89. The molecule has 2 heterocycles. The van der Waals surface area contributed by atoms with Gasteiger partial charge in [-0.2, -0.15) is 5.10 Å². The predicted molar refractivity (Wildman–Crippen MR) is 72.8 cm³/mol. The summed E-state index contributed by atoms with van der Waals surface area (Å²) in [5, 5.41) is 4.22. The highest BCUT2D eigenvalue weighted by atomic mass is 16.6. The first kappa shape index (κ1) is 13.7. The van der Waals surface area contributed by atoms with E-state index >= 15 is 0 Å². The van der Waals surface area contributed by atoms with Gasteiger partial charge >= 0.3 is 6.09 Å². The van der Waals surface area contributed by atoms with Gasteiger partial charge in [-0.05, 0) is 27.2 Å². The molecule has 0 aliphatic carbocycles. The molecule has 1 aromatic rings. The van der Waals surface area contributed by atoms with Gasteiger partial charge in [0.1, 0.15) is 11.4 Å². The standard InChI is InChI=1S/C13H22N4O2/c1-13(2,3)19-12(18)17-7-5-9-10(6-8-17)16(4)15-11(9)14/h5-8H2,1-4H3,(H2,14,15). The lowest BCUT2D eigenvalue weighted by atomic mass is 10.1. The van der Waals surface area contributed by atoms with E-state index in [0.717, 1.165) is 24.1 Å². The first-order valence-corrected chi connectivity index (χ1v) is 6.56. The fourth-order valence-corrected chi connectivity index (χ4v) is 2.32. The van der Waals surface area contributed by atoms with Crippen molar-refractivity contribution in [2.24, 2.45) is 7.05 Å². The summed E-state index contributed by atoms with van der Waals surface area (Å²) in [6, 6.07) is 0. The number of aryl methyl sites for hydroxylation is 1. The van der Waals surface area contributed by atoms with Gasteiger partial charge in [-0.25, -0.2) is 4.79 Å². The fourth-order valence-electron chi connectivity index (χ4n) is 2.32. The van der Waals surface area contributed by atoms with Crippen LogP contribution in [0.1, 0.15) is 32.0 Å². The largest absolute Gasteiger partial charge is 0.444 e. The van der Waals surface area contributed by atoms with E-state index in [1.165, 1.54) is 0 Å². The number of hydrogen-bond donors (Lipinski definition) is 1. The maximum absolute atomic E-state index is 12.1. The van der Waals surface area contributed by atoms with E-state index in [4.69, 9.17) is 10.5 Å². The number of amides is 1. The second-order valence-corrected chi connectivity index (χ2v) is 5.90. The molecule has 106 valence electrons. The topological polar surface area (TPSA) is 73.4 Å². The third kappa shape index (κ3) is 3.00. The van der Waals surface area contributed by atoms with Crippen LogP contribution < -0.4 is 5.73 Å². The summed E-state index contributed by atoms with van der Waals surface area (Å²) in [7, 11) is 1.89. The van der Waals surface area contributed by atoms with Crippen molar-refractivity contribution in [2.45, 2.75) is 39.2 Å². The molecule has 2 rings (SSSR count). The van der Waals surface area contributed by atoms with Gasteiger partial charge in [0.05, 0.1) is 0 Å². The zero-order valence-electron chi connectivity index (χ0n) is 12.1. The highest BCUT2D eigenvalue weighted by Crippen LogP contribution is 2.21. The molecule has 1 aromatic heterocycles. The molecule has 2 N–H and O–H groups in total. The predicted octanol–water partition coefficient (Wildman–Crippen LogP) is 1.34. The number of nitrogen functional groups attached to an aromatic ring is 1. The Morgan fingerprint density at radius 3 is 2.58 bits per heavy atom. The van der Waals surface area contributed by atoms with E-state index in [1.54, 1.807) is 4.90 Å². The number of fused-ring (bicyclic) bond motifs is 1. The molecule has 0 unspecified atom stereocenters. The van der Waals surface area contributed by atoms with E-state index in [9.17, 15) is 4.79 Å². The Morgan fingerprint density at radius 1 is 1.32 bits per heavy atom. The lowest BCUT2D eigenvalue weighted by molar-refractivity contribution is 0.0258. The summed E-state index contributed by atoms with van der Waals surface area (Å²) in [4.78, 5) is 13.8. The molecule has 0 saturated heterocycles. The molecule has 19 heavy (non-hydrogen) atoms. The maximum Gasteiger partial charge on any atom is 0.410 e. The van der Waals surface area contributed by atoms with E-state index in [1.807, 2.05) is 32.5 Å². The van der Waals surface area contributed by atoms with Crippen molar-refractivity contribution in [3.05, 3.63) is 11.3 Å². The Labute approximate surface area is 113 Å². The van der Waals surface area contributed by atoms with Crippen molar-refractivity contribution in [3.63, 3.8) is 0 Å². The van der Waals surface area contributed by atoms with Crippen molar-refractivity contribution in [1.29, 1.82) is 0 Å². The number of aromatic nitrogens is 2. The SMILES string of the molecule is Cn1nc(N)c2c1CCN(C(=O)OC(C)(C)C)CC2. The van der Waals surface area contributed by atoms with E-state index < -0.39 is 5.60 Å². The first-order chi connectivity index (χ1) is 8.78. The van der Waals surface area contributed by atoms with E-state index in [-0.39, 0.29) is 6.09 Å². The molecule has 6 heteroatoms. The minimum atomic E-state index is -0.461. The fraction of sp³-hybridized carbons (Fsp3) is 0.692. The Balaban J connectivity index is 2.08. The number of hydrogen-bond acceptors (Lipinski definition) is 4. The Bertz CT molecular complexity index is 459. The maximum atomic E-state index is 12.1. The lowest BCUT2D eigenvalue weighted by Crippen LogP contribution is -2.38. The van der Waals surface area contributed by atoms with Gasteiger partial charge in [-0.3, -0.25) is 4.68 Å². The molecule has 0 bridgehead atoms. The van der Waals surface area contributed by atoms with Gasteiger partial charge in [0.15, 0.2) is 0 Å². The quantitative estimate of drug-likeness (QED) is 0.769. The Kier molecular flexibility index (Phi) is 3.43. The van der Waals surface area contributed by atoms with Crippen molar-refractivity contribution < 1.29 is 9.53 Å². The van der Waals surface area contributed by atoms with Crippen LogP contribution in [-0.4, -0.2) is 39.5 Å². The molecule has 0 spiro atoms. The van der Waals surface area contributed by atoms with Crippen molar-refractivity contribution in [3.8, 4) is 0 Å². The van der Waals surface area contributed by atoms with Crippen molar-refractivity contribution in [1.82, 2.24) is 14.7 Å². The minimum absolute atomic E-state index is 0.258. The molecular formula is C13H22N4O2. The zero-order chi connectivity index (χ0) is 14.2. The first-order valence-electron chi connectivity index (χ1n) is 6.56. The number of nitrogens with two attached hydrogens (primary N) is 1. The highest BCUT2D eigenvalue weighted by Gasteiger charge is 2.26. The molecule has 0 radical (unpaired) electrons. The summed E-state index contributed by atoms with van der Waals surface area (Å²) in [5.74, 6) is 0.573. The zero-order valence-corrected chi connectivity index (χ0v) is 12.1. The van der Waals surface area contributed by atoms with Crippen LogP contribution in [0.15, 0.2) is 0 Å². The van der Waals surface area contributed by atoms with Gasteiger partial charge < -0.3 is 15.4 Å². The second-order valence-electron chi connectivity index (χ2n) is 5.90. The molecule has 1 aliphatic heterocycles. The third-order valence-electron chi connectivity index (χ3n) is 3.21. The summed E-state index contributed by atoms with van der Waals surface area (Å²) < 4.78 is 7.21. The number of carbonyl (C=O) groups excluding carboxylic acids is 1.